The Labute approximate surface area is 91.9 Å². The molecule has 1 rings (SSSR count). The highest BCUT2D eigenvalue weighted by molar-refractivity contribution is 5.70. The van der Waals surface area contributed by atoms with Crippen molar-refractivity contribution in [3.8, 4) is 0 Å². The molecule has 0 unspecified atom stereocenters. The summed E-state index contributed by atoms with van der Waals surface area (Å²) in [6, 6.07) is 0. The lowest BCUT2D eigenvalue weighted by atomic mass is 10.0. The maximum atomic E-state index is 12.5. The van der Waals surface area contributed by atoms with E-state index in [0.717, 1.165) is 0 Å². The number of carboxylic acids is 1. The van der Waals surface area contributed by atoms with Crippen molar-refractivity contribution >= 4 is 5.97 Å². The van der Waals surface area contributed by atoms with Gasteiger partial charge in [0.1, 0.15) is 0 Å². The minimum atomic E-state index is -4.99. The van der Waals surface area contributed by atoms with Crippen LogP contribution in [0.25, 0.3) is 0 Å². The van der Waals surface area contributed by atoms with Crippen molar-refractivity contribution in [1.82, 2.24) is 4.98 Å². The molecule has 3 nitrogen and oxygen atoms in total. The Hall–Kier alpha value is -1.73. The molecule has 1 aromatic heterocycles. The van der Waals surface area contributed by atoms with Gasteiger partial charge < -0.3 is 5.11 Å². The average Bonchev–Trinajstić information content (AvgIpc) is 2.14. The average molecular weight is 255 g/mol. The quantitative estimate of drug-likeness (QED) is 0.845. The molecule has 0 aliphatic rings. The molecule has 0 spiro atoms. The van der Waals surface area contributed by atoms with Gasteiger partial charge in [-0.05, 0) is 5.56 Å². The van der Waals surface area contributed by atoms with Crippen LogP contribution in [0.4, 0.5) is 22.0 Å². The van der Waals surface area contributed by atoms with Crippen LogP contribution in [0.1, 0.15) is 23.1 Å². The first-order valence-electron chi connectivity index (χ1n) is 4.27. The monoisotopic (exact) mass is 255 g/mol. The SMILES string of the molecule is O=C(O)Cc1cncc(C(F)(F)F)c1C(F)F. The number of alkyl halides is 5. The number of carbonyl (C=O) groups is 1. The fourth-order valence-electron chi connectivity index (χ4n) is 1.30. The molecule has 1 aromatic rings. The second kappa shape index (κ2) is 4.64. The van der Waals surface area contributed by atoms with Gasteiger partial charge in [0.25, 0.3) is 6.43 Å². The summed E-state index contributed by atoms with van der Waals surface area (Å²) < 4.78 is 62.3. The smallest absolute Gasteiger partial charge is 0.418 e. The van der Waals surface area contributed by atoms with Crippen LogP contribution in [-0.2, 0) is 17.4 Å². The molecule has 0 fully saturated rings. The molecule has 8 heteroatoms. The van der Waals surface area contributed by atoms with Crippen LogP contribution in [-0.4, -0.2) is 16.1 Å². The summed E-state index contributed by atoms with van der Waals surface area (Å²) in [6.07, 6.45) is -8.38. The number of hydrogen-bond donors (Lipinski definition) is 1. The molecule has 0 bridgehead atoms. The molecule has 0 radical (unpaired) electrons. The van der Waals surface area contributed by atoms with Gasteiger partial charge in [0.2, 0.25) is 0 Å². The number of aliphatic carboxylic acids is 1. The van der Waals surface area contributed by atoms with Gasteiger partial charge in [-0.3, -0.25) is 9.78 Å². The van der Waals surface area contributed by atoms with Crippen LogP contribution in [0, 0.1) is 0 Å². The van der Waals surface area contributed by atoms with Crippen molar-refractivity contribution in [3.63, 3.8) is 0 Å². The number of nitrogens with zero attached hydrogens (tertiary/aromatic N) is 1. The molecule has 1 N–H and O–H groups in total. The van der Waals surface area contributed by atoms with Crippen LogP contribution in [0.3, 0.4) is 0 Å². The first-order valence-corrected chi connectivity index (χ1v) is 4.27. The first kappa shape index (κ1) is 13.3. The summed E-state index contributed by atoms with van der Waals surface area (Å²) >= 11 is 0. The van der Waals surface area contributed by atoms with Gasteiger partial charge in [-0.15, -0.1) is 0 Å². The van der Waals surface area contributed by atoms with Crippen molar-refractivity contribution in [3.05, 3.63) is 29.1 Å². The Balaban J connectivity index is 3.37. The lowest BCUT2D eigenvalue weighted by Crippen LogP contribution is -2.14. The standard InChI is InChI=1S/C9H6F5NO2/c10-8(11)7-4(1-6(16)17)2-15-3-5(7)9(12,13)14/h2-3,8H,1H2,(H,16,17). The van der Waals surface area contributed by atoms with E-state index in [9.17, 15) is 26.7 Å². The highest BCUT2D eigenvalue weighted by Gasteiger charge is 2.37. The van der Waals surface area contributed by atoms with E-state index in [4.69, 9.17) is 5.11 Å². The molecule has 0 atom stereocenters. The number of aromatic nitrogens is 1. The molecule has 17 heavy (non-hydrogen) atoms. The number of halogens is 5. The van der Waals surface area contributed by atoms with Crippen LogP contribution in [0.5, 0.6) is 0 Å². The fourth-order valence-corrected chi connectivity index (χ4v) is 1.30. The van der Waals surface area contributed by atoms with Gasteiger partial charge in [0.15, 0.2) is 0 Å². The second-order valence-electron chi connectivity index (χ2n) is 3.13. The first-order chi connectivity index (χ1) is 7.73. The van der Waals surface area contributed by atoms with E-state index in [2.05, 4.69) is 4.98 Å². The normalized spacial score (nSPS) is 11.9. The molecular formula is C9H6F5NO2. The molecule has 0 amide bonds. The lowest BCUT2D eigenvalue weighted by molar-refractivity contribution is -0.140. The third-order valence-electron chi connectivity index (χ3n) is 1.94. The van der Waals surface area contributed by atoms with Crippen LogP contribution in [0.15, 0.2) is 12.4 Å². The Morgan fingerprint density at radius 3 is 2.35 bits per heavy atom. The zero-order valence-electron chi connectivity index (χ0n) is 8.13. The molecule has 0 saturated heterocycles. The summed E-state index contributed by atoms with van der Waals surface area (Å²) in [4.78, 5) is 13.5. The third kappa shape index (κ3) is 3.11. The predicted molar refractivity (Wildman–Crippen MR) is 45.5 cm³/mol. The molecule has 1 heterocycles. The highest BCUT2D eigenvalue weighted by Crippen LogP contribution is 2.37. The van der Waals surface area contributed by atoms with Gasteiger partial charge in [-0.1, -0.05) is 0 Å². The topological polar surface area (TPSA) is 50.2 Å². The van der Waals surface area contributed by atoms with E-state index >= 15 is 0 Å². The summed E-state index contributed by atoms with van der Waals surface area (Å²) in [6.45, 7) is 0. The minimum absolute atomic E-state index is 0.257. The molecule has 94 valence electrons. The third-order valence-corrected chi connectivity index (χ3v) is 1.94. The fraction of sp³-hybridized carbons (Fsp3) is 0.333. The van der Waals surface area contributed by atoms with Gasteiger partial charge in [-0.25, -0.2) is 8.78 Å². The van der Waals surface area contributed by atoms with Gasteiger partial charge in [-0.2, -0.15) is 13.2 Å². The minimum Gasteiger partial charge on any atom is -0.481 e. The molecule has 0 saturated carbocycles. The summed E-state index contributed by atoms with van der Waals surface area (Å²) in [5, 5.41) is 8.41. The van der Waals surface area contributed by atoms with E-state index in [1.165, 1.54) is 0 Å². The Morgan fingerprint density at radius 1 is 1.35 bits per heavy atom. The van der Waals surface area contributed by atoms with Crippen molar-refractivity contribution in [2.75, 3.05) is 0 Å². The van der Waals surface area contributed by atoms with E-state index in [1.54, 1.807) is 0 Å². The number of pyridine rings is 1. The lowest BCUT2D eigenvalue weighted by Gasteiger charge is -2.14. The second-order valence-corrected chi connectivity index (χ2v) is 3.13. The van der Waals surface area contributed by atoms with Crippen molar-refractivity contribution in [2.45, 2.75) is 19.0 Å². The molecule has 0 aliphatic carbocycles. The Bertz CT molecular complexity index is 430. The van der Waals surface area contributed by atoms with E-state index < -0.39 is 41.7 Å². The van der Waals surface area contributed by atoms with Crippen LogP contribution in [0.2, 0.25) is 0 Å². The number of rotatable bonds is 3. The largest absolute Gasteiger partial charge is 0.481 e. The Kier molecular flexibility index (Phi) is 3.64. The van der Waals surface area contributed by atoms with E-state index in [0.29, 0.717) is 6.20 Å². The van der Waals surface area contributed by atoms with Crippen molar-refractivity contribution < 1.29 is 31.9 Å². The molecule has 0 aromatic carbocycles. The van der Waals surface area contributed by atoms with Crippen LogP contribution >= 0.6 is 0 Å². The molecular weight excluding hydrogens is 249 g/mol. The Morgan fingerprint density at radius 2 is 1.94 bits per heavy atom. The maximum absolute atomic E-state index is 12.5. The van der Waals surface area contributed by atoms with Crippen molar-refractivity contribution in [1.29, 1.82) is 0 Å². The molecule has 0 aliphatic heterocycles. The zero-order chi connectivity index (χ0) is 13.2. The summed E-state index contributed by atoms with van der Waals surface area (Å²) in [7, 11) is 0. The van der Waals surface area contributed by atoms with Crippen molar-refractivity contribution in [2.24, 2.45) is 0 Å². The van der Waals surface area contributed by atoms with E-state index in [1.807, 2.05) is 0 Å². The maximum Gasteiger partial charge on any atom is 0.418 e. The predicted octanol–water partition coefficient (Wildman–Crippen LogP) is 2.67. The van der Waals surface area contributed by atoms with Gasteiger partial charge in [0.05, 0.1) is 12.0 Å². The number of hydrogen-bond acceptors (Lipinski definition) is 2. The van der Waals surface area contributed by atoms with E-state index in [-0.39, 0.29) is 6.20 Å². The highest BCUT2D eigenvalue weighted by atomic mass is 19.4. The summed E-state index contributed by atoms with van der Waals surface area (Å²) in [5.74, 6) is -1.51. The van der Waals surface area contributed by atoms with Gasteiger partial charge >= 0.3 is 12.1 Å². The number of carboxylic acid groups (broad SMARTS) is 1. The van der Waals surface area contributed by atoms with Gasteiger partial charge in [0, 0.05) is 18.0 Å². The zero-order valence-corrected chi connectivity index (χ0v) is 8.13. The summed E-state index contributed by atoms with van der Waals surface area (Å²) in [5.41, 5.74) is -3.57. The van der Waals surface area contributed by atoms with Crippen LogP contribution < -0.4 is 0 Å².